The molecular formula is C27H37N. The van der Waals surface area contributed by atoms with Crippen LogP contribution in [0.5, 0.6) is 0 Å². The summed E-state index contributed by atoms with van der Waals surface area (Å²) in [7, 11) is 2.04. The zero-order chi connectivity index (χ0) is 20.3. The van der Waals surface area contributed by atoms with Crippen molar-refractivity contribution < 1.29 is 0 Å². The van der Waals surface area contributed by atoms with E-state index >= 15 is 0 Å². The number of rotatable bonds is 6. The highest BCUT2D eigenvalue weighted by Gasteiger charge is 2.33. The van der Waals surface area contributed by atoms with E-state index in [0.29, 0.717) is 11.8 Å². The number of fused-ring (bicyclic) bond motifs is 1. The van der Waals surface area contributed by atoms with Gasteiger partial charge in [0.05, 0.1) is 0 Å². The quantitative estimate of drug-likeness (QED) is 0.582. The molecule has 1 fully saturated rings. The first kappa shape index (κ1) is 20.9. The molecule has 1 aromatic rings. The second kappa shape index (κ2) is 9.09. The van der Waals surface area contributed by atoms with Gasteiger partial charge in [0.1, 0.15) is 0 Å². The van der Waals surface area contributed by atoms with Crippen molar-refractivity contribution >= 4 is 5.57 Å². The third-order valence-electron chi connectivity index (χ3n) is 6.67. The first-order chi connectivity index (χ1) is 13.5. The average molecular weight is 376 g/mol. The van der Waals surface area contributed by atoms with E-state index in [2.05, 4.69) is 82.4 Å². The third kappa shape index (κ3) is 4.25. The molecule has 1 heteroatoms. The fourth-order valence-electron chi connectivity index (χ4n) is 4.98. The van der Waals surface area contributed by atoms with Gasteiger partial charge in [0.25, 0.3) is 0 Å². The van der Waals surface area contributed by atoms with Crippen molar-refractivity contribution in [2.75, 3.05) is 13.6 Å². The van der Waals surface area contributed by atoms with Gasteiger partial charge in [-0.2, -0.15) is 0 Å². The van der Waals surface area contributed by atoms with Gasteiger partial charge >= 0.3 is 0 Å². The number of aryl methyl sites for hydroxylation is 2. The van der Waals surface area contributed by atoms with Gasteiger partial charge in [0.15, 0.2) is 0 Å². The van der Waals surface area contributed by atoms with Gasteiger partial charge in [-0.05, 0) is 111 Å². The Morgan fingerprint density at radius 3 is 2.64 bits per heavy atom. The van der Waals surface area contributed by atoms with Crippen LogP contribution in [0.2, 0.25) is 0 Å². The molecule has 0 radical (unpaired) electrons. The van der Waals surface area contributed by atoms with Crippen molar-refractivity contribution in [3.63, 3.8) is 0 Å². The molecule has 0 aliphatic heterocycles. The Balaban J connectivity index is 1.82. The maximum atomic E-state index is 3.29. The maximum Gasteiger partial charge on any atom is 0.00870 e. The Kier molecular flexibility index (Phi) is 6.78. The summed E-state index contributed by atoms with van der Waals surface area (Å²) >= 11 is 0. The van der Waals surface area contributed by atoms with Gasteiger partial charge < -0.3 is 5.32 Å². The lowest BCUT2D eigenvalue weighted by Crippen LogP contribution is -2.15. The number of benzene rings is 1. The van der Waals surface area contributed by atoms with Crippen LogP contribution in [0, 0.1) is 38.5 Å². The summed E-state index contributed by atoms with van der Waals surface area (Å²) in [6.45, 7) is 12.4. The Labute approximate surface area is 172 Å². The first-order valence-electron chi connectivity index (χ1n) is 10.9. The topological polar surface area (TPSA) is 12.0 Å². The van der Waals surface area contributed by atoms with Crippen molar-refractivity contribution in [3.8, 4) is 0 Å². The smallest absolute Gasteiger partial charge is 0.00870 e. The van der Waals surface area contributed by atoms with E-state index in [1.54, 1.807) is 11.1 Å². The van der Waals surface area contributed by atoms with Crippen molar-refractivity contribution in [1.82, 2.24) is 5.32 Å². The Hall–Kier alpha value is -1.86. The highest BCUT2D eigenvalue weighted by Crippen LogP contribution is 2.46. The highest BCUT2D eigenvalue weighted by atomic mass is 14.8. The second-order valence-corrected chi connectivity index (χ2v) is 8.79. The molecular weight excluding hydrogens is 338 g/mol. The number of allylic oxidation sites excluding steroid dienone is 8. The molecule has 0 bridgehead atoms. The van der Waals surface area contributed by atoms with Crippen LogP contribution in [-0.2, 0) is 0 Å². The number of hydrogen-bond donors (Lipinski definition) is 1. The third-order valence-corrected chi connectivity index (χ3v) is 6.67. The van der Waals surface area contributed by atoms with Crippen molar-refractivity contribution in [2.24, 2.45) is 17.8 Å². The van der Waals surface area contributed by atoms with Crippen LogP contribution in [0.3, 0.4) is 0 Å². The molecule has 2 aliphatic carbocycles. The van der Waals surface area contributed by atoms with Crippen LogP contribution in [0.1, 0.15) is 55.4 Å². The minimum atomic E-state index is 0.556. The summed E-state index contributed by atoms with van der Waals surface area (Å²) in [5.41, 5.74) is 10.2. The molecule has 1 saturated carbocycles. The fourth-order valence-corrected chi connectivity index (χ4v) is 4.98. The first-order valence-corrected chi connectivity index (χ1v) is 10.9. The van der Waals surface area contributed by atoms with Crippen LogP contribution in [-0.4, -0.2) is 13.6 Å². The molecule has 0 amide bonds. The van der Waals surface area contributed by atoms with Gasteiger partial charge in [-0.15, -0.1) is 0 Å². The lowest BCUT2D eigenvalue weighted by atomic mass is 9.82. The van der Waals surface area contributed by atoms with E-state index < -0.39 is 0 Å². The average Bonchev–Trinajstić information content (AvgIpc) is 3.02. The zero-order valence-electron chi connectivity index (χ0n) is 18.6. The predicted octanol–water partition coefficient (Wildman–Crippen LogP) is 6.71. The van der Waals surface area contributed by atoms with Crippen molar-refractivity contribution in [1.29, 1.82) is 0 Å². The monoisotopic (exact) mass is 375 g/mol. The SMILES string of the molecule is C/C=C1\C(=C/CC[C@@H](C)CNC)CC2C=C(c3c(C)ccc(C)c3C)C=CC12. The van der Waals surface area contributed by atoms with Crippen LogP contribution >= 0.6 is 0 Å². The van der Waals surface area contributed by atoms with E-state index in [0.717, 1.165) is 12.5 Å². The Morgan fingerprint density at radius 1 is 1.18 bits per heavy atom. The van der Waals surface area contributed by atoms with Crippen molar-refractivity contribution in [3.05, 3.63) is 75.9 Å². The molecule has 0 aromatic heterocycles. The van der Waals surface area contributed by atoms with E-state index in [1.165, 1.54) is 47.1 Å². The predicted molar refractivity (Wildman–Crippen MR) is 124 cm³/mol. The zero-order valence-corrected chi connectivity index (χ0v) is 18.6. The molecule has 3 atom stereocenters. The maximum absolute atomic E-state index is 3.29. The standard InChI is InChI=1S/C27H37N/c1-7-25-22(10-8-9-18(2)17-28-6)15-24-16-23(13-14-26(24)25)27-20(4)12-11-19(3)21(27)5/h7,10-14,16,18,24,26,28H,8-9,15,17H2,1-6H3/b22-10-,25-7+/t18-,24?,26?/m1/s1. The van der Waals surface area contributed by atoms with Crippen LogP contribution in [0.25, 0.3) is 5.57 Å². The minimum Gasteiger partial charge on any atom is -0.319 e. The summed E-state index contributed by atoms with van der Waals surface area (Å²) < 4.78 is 0. The normalized spacial score (nSPS) is 25.3. The second-order valence-electron chi connectivity index (χ2n) is 8.79. The number of hydrogen-bond acceptors (Lipinski definition) is 1. The fraction of sp³-hybridized carbons (Fsp3) is 0.481. The molecule has 0 heterocycles. The summed E-state index contributed by atoms with van der Waals surface area (Å²) in [5.74, 6) is 1.89. The molecule has 2 aliphatic rings. The summed E-state index contributed by atoms with van der Waals surface area (Å²) in [5, 5.41) is 3.29. The molecule has 28 heavy (non-hydrogen) atoms. The Morgan fingerprint density at radius 2 is 1.93 bits per heavy atom. The Bertz CT molecular complexity index is 834. The lowest BCUT2D eigenvalue weighted by Gasteiger charge is -2.22. The number of nitrogens with one attached hydrogen (secondary N) is 1. The highest BCUT2D eigenvalue weighted by molar-refractivity contribution is 5.80. The molecule has 0 spiro atoms. The summed E-state index contributed by atoms with van der Waals surface area (Å²) in [6.07, 6.45) is 15.9. The van der Waals surface area contributed by atoms with E-state index in [-0.39, 0.29) is 0 Å². The minimum absolute atomic E-state index is 0.556. The van der Waals surface area contributed by atoms with Crippen LogP contribution in [0.15, 0.2) is 53.7 Å². The molecule has 1 nitrogen and oxygen atoms in total. The summed E-state index contributed by atoms with van der Waals surface area (Å²) in [4.78, 5) is 0. The summed E-state index contributed by atoms with van der Waals surface area (Å²) in [6, 6.07) is 4.51. The molecule has 0 saturated heterocycles. The lowest BCUT2D eigenvalue weighted by molar-refractivity contribution is 0.508. The largest absolute Gasteiger partial charge is 0.319 e. The van der Waals surface area contributed by atoms with Gasteiger partial charge in [0.2, 0.25) is 0 Å². The van der Waals surface area contributed by atoms with E-state index in [1.807, 2.05) is 7.05 Å². The van der Waals surface area contributed by atoms with Gasteiger partial charge in [-0.3, -0.25) is 0 Å². The van der Waals surface area contributed by atoms with E-state index in [4.69, 9.17) is 0 Å². The molecule has 150 valence electrons. The van der Waals surface area contributed by atoms with E-state index in [9.17, 15) is 0 Å². The van der Waals surface area contributed by atoms with Crippen LogP contribution < -0.4 is 5.32 Å². The van der Waals surface area contributed by atoms with Gasteiger partial charge in [0, 0.05) is 5.92 Å². The molecule has 1 aromatic carbocycles. The molecule has 3 rings (SSSR count). The molecule has 1 N–H and O–H groups in total. The van der Waals surface area contributed by atoms with Gasteiger partial charge in [-0.25, -0.2) is 0 Å². The van der Waals surface area contributed by atoms with Crippen LogP contribution in [0.4, 0.5) is 0 Å². The molecule has 2 unspecified atom stereocenters. The van der Waals surface area contributed by atoms with Crippen molar-refractivity contribution in [2.45, 2.75) is 53.9 Å². The van der Waals surface area contributed by atoms with Gasteiger partial charge in [-0.1, -0.05) is 49.4 Å².